The van der Waals surface area contributed by atoms with Crippen molar-refractivity contribution >= 4 is 17.5 Å². The summed E-state index contributed by atoms with van der Waals surface area (Å²) >= 11 is 0. The molecule has 6 heteroatoms. The molecule has 0 spiro atoms. The third-order valence-corrected chi connectivity index (χ3v) is 4.54. The third-order valence-electron chi connectivity index (χ3n) is 4.54. The summed E-state index contributed by atoms with van der Waals surface area (Å²) in [5, 5.41) is 11.6. The van der Waals surface area contributed by atoms with Crippen LogP contribution in [0.1, 0.15) is 25.7 Å². The van der Waals surface area contributed by atoms with Gasteiger partial charge in [0.1, 0.15) is 11.5 Å². The van der Waals surface area contributed by atoms with E-state index < -0.39 is 0 Å². The van der Waals surface area contributed by atoms with Gasteiger partial charge in [0.25, 0.3) is 0 Å². The van der Waals surface area contributed by atoms with Crippen molar-refractivity contribution < 1.29 is 4.74 Å². The number of nitrogens with zero attached hydrogens (tertiary/aromatic N) is 4. The maximum Gasteiger partial charge on any atom is 0.247 e. The van der Waals surface area contributed by atoms with Crippen molar-refractivity contribution in [1.29, 1.82) is 0 Å². The molecule has 2 heterocycles. The molecule has 1 aliphatic heterocycles. The maximum absolute atomic E-state index is 5.82. The van der Waals surface area contributed by atoms with E-state index in [9.17, 15) is 0 Å². The van der Waals surface area contributed by atoms with Gasteiger partial charge in [0.05, 0.1) is 6.20 Å². The molecule has 1 aliphatic rings. The molecule has 3 aromatic rings. The second kappa shape index (κ2) is 8.49. The zero-order valence-electron chi connectivity index (χ0n) is 15.2. The second-order valence-electron chi connectivity index (χ2n) is 6.61. The molecule has 1 saturated heterocycles. The molecule has 0 atom stereocenters. The summed E-state index contributed by atoms with van der Waals surface area (Å²) in [6.07, 6.45) is 6.57. The summed E-state index contributed by atoms with van der Waals surface area (Å²) in [5.74, 6) is 3.00. The number of nitrogens with one attached hydrogen (secondary N) is 1. The van der Waals surface area contributed by atoms with Gasteiger partial charge in [-0.3, -0.25) is 0 Å². The van der Waals surface area contributed by atoms with Crippen LogP contribution in [0.5, 0.6) is 11.5 Å². The quantitative estimate of drug-likeness (QED) is 0.705. The van der Waals surface area contributed by atoms with Gasteiger partial charge in [-0.15, -0.1) is 5.10 Å². The Balaban J connectivity index is 1.42. The maximum atomic E-state index is 5.82. The van der Waals surface area contributed by atoms with Gasteiger partial charge < -0.3 is 15.0 Å². The summed E-state index contributed by atoms with van der Waals surface area (Å²) in [5.41, 5.74) is 0.928. The van der Waals surface area contributed by atoms with Gasteiger partial charge in [-0.05, 0) is 49.2 Å². The molecule has 2 aromatic carbocycles. The van der Waals surface area contributed by atoms with E-state index in [1.54, 1.807) is 6.20 Å². The van der Waals surface area contributed by atoms with Gasteiger partial charge in [-0.1, -0.05) is 31.0 Å². The summed E-state index contributed by atoms with van der Waals surface area (Å²) in [6.45, 7) is 1.99. The summed E-state index contributed by atoms with van der Waals surface area (Å²) < 4.78 is 5.82. The van der Waals surface area contributed by atoms with Crippen LogP contribution >= 0.6 is 0 Å². The first kappa shape index (κ1) is 17.3. The Labute approximate surface area is 159 Å². The number of para-hydroxylation sites is 1. The highest BCUT2D eigenvalue weighted by Gasteiger charge is 2.13. The Morgan fingerprint density at radius 3 is 2.26 bits per heavy atom. The molecular formula is C21H23N5O. The molecule has 4 rings (SSSR count). The van der Waals surface area contributed by atoms with Crippen molar-refractivity contribution in [3.8, 4) is 11.5 Å². The van der Waals surface area contributed by atoms with Crippen LogP contribution in [0.15, 0.2) is 60.8 Å². The van der Waals surface area contributed by atoms with E-state index in [1.807, 2.05) is 54.6 Å². The monoisotopic (exact) mass is 361 g/mol. The van der Waals surface area contributed by atoms with Crippen LogP contribution in [0.25, 0.3) is 0 Å². The Hall–Kier alpha value is -3.15. The van der Waals surface area contributed by atoms with Crippen LogP contribution < -0.4 is 15.0 Å². The highest BCUT2D eigenvalue weighted by atomic mass is 16.5. The van der Waals surface area contributed by atoms with E-state index in [2.05, 4.69) is 25.4 Å². The van der Waals surface area contributed by atoms with Crippen molar-refractivity contribution in [2.45, 2.75) is 25.7 Å². The van der Waals surface area contributed by atoms with Crippen LogP contribution in [0, 0.1) is 0 Å². The number of benzene rings is 2. The molecule has 0 amide bonds. The first-order chi connectivity index (χ1) is 13.4. The van der Waals surface area contributed by atoms with E-state index in [1.165, 1.54) is 25.7 Å². The number of ether oxygens (including phenoxy) is 1. The average molecular weight is 361 g/mol. The number of anilines is 3. The third kappa shape index (κ3) is 4.73. The number of hydrogen-bond donors (Lipinski definition) is 1. The molecular weight excluding hydrogens is 338 g/mol. The van der Waals surface area contributed by atoms with E-state index in [4.69, 9.17) is 4.74 Å². The lowest BCUT2D eigenvalue weighted by molar-refractivity contribution is 0.483. The Kier molecular flexibility index (Phi) is 5.43. The SMILES string of the molecule is c1ccc(Oc2ccc(Nc3cnnc(N4CCCCCC4)n3)cc2)cc1. The first-order valence-electron chi connectivity index (χ1n) is 9.41. The van der Waals surface area contributed by atoms with Crippen LogP contribution in [-0.4, -0.2) is 28.3 Å². The normalized spacial score (nSPS) is 14.4. The minimum absolute atomic E-state index is 0.695. The molecule has 1 fully saturated rings. The highest BCUT2D eigenvalue weighted by Crippen LogP contribution is 2.24. The van der Waals surface area contributed by atoms with E-state index >= 15 is 0 Å². The van der Waals surface area contributed by atoms with Crippen molar-refractivity contribution in [3.05, 3.63) is 60.8 Å². The molecule has 0 bridgehead atoms. The molecule has 6 nitrogen and oxygen atoms in total. The van der Waals surface area contributed by atoms with Crippen LogP contribution in [-0.2, 0) is 0 Å². The van der Waals surface area contributed by atoms with E-state index in [-0.39, 0.29) is 0 Å². The molecule has 0 saturated carbocycles. The molecule has 1 aromatic heterocycles. The van der Waals surface area contributed by atoms with Crippen LogP contribution in [0.3, 0.4) is 0 Å². The largest absolute Gasteiger partial charge is 0.457 e. The topological polar surface area (TPSA) is 63.2 Å². The second-order valence-corrected chi connectivity index (χ2v) is 6.61. The lowest BCUT2D eigenvalue weighted by atomic mass is 10.2. The Morgan fingerprint density at radius 2 is 1.52 bits per heavy atom. The van der Waals surface area contributed by atoms with Gasteiger partial charge in [-0.25, -0.2) is 0 Å². The summed E-state index contributed by atoms with van der Waals surface area (Å²) in [6, 6.07) is 17.5. The smallest absolute Gasteiger partial charge is 0.247 e. The van der Waals surface area contributed by atoms with Gasteiger partial charge in [0, 0.05) is 18.8 Å². The highest BCUT2D eigenvalue weighted by molar-refractivity contribution is 5.57. The molecule has 27 heavy (non-hydrogen) atoms. The molecule has 0 aliphatic carbocycles. The van der Waals surface area contributed by atoms with Crippen molar-refractivity contribution in [2.75, 3.05) is 23.3 Å². The fourth-order valence-electron chi connectivity index (χ4n) is 3.14. The minimum atomic E-state index is 0.695. The standard InChI is InChI=1S/C21H23N5O/c1-2-7-15-26(14-6-1)21-24-20(16-22-25-21)23-17-10-12-19(13-11-17)27-18-8-4-3-5-9-18/h3-5,8-13,16H,1-2,6-7,14-15H2,(H,23,24,25). The van der Waals surface area contributed by atoms with Crippen molar-refractivity contribution in [2.24, 2.45) is 0 Å². The fraction of sp³-hybridized carbons (Fsp3) is 0.286. The van der Waals surface area contributed by atoms with Gasteiger partial charge in [-0.2, -0.15) is 10.1 Å². The van der Waals surface area contributed by atoms with Crippen LogP contribution in [0.4, 0.5) is 17.5 Å². The minimum Gasteiger partial charge on any atom is -0.457 e. The van der Waals surface area contributed by atoms with Gasteiger partial charge >= 0.3 is 0 Å². The summed E-state index contributed by atoms with van der Waals surface area (Å²) in [4.78, 5) is 6.86. The predicted octanol–water partition coefficient (Wildman–Crippen LogP) is 4.79. The predicted molar refractivity (Wildman–Crippen MR) is 107 cm³/mol. The lowest BCUT2D eigenvalue weighted by Crippen LogP contribution is -2.26. The lowest BCUT2D eigenvalue weighted by Gasteiger charge is -2.19. The molecule has 138 valence electrons. The number of hydrogen-bond acceptors (Lipinski definition) is 6. The zero-order valence-corrected chi connectivity index (χ0v) is 15.2. The first-order valence-corrected chi connectivity index (χ1v) is 9.41. The Morgan fingerprint density at radius 1 is 0.815 bits per heavy atom. The number of rotatable bonds is 5. The van der Waals surface area contributed by atoms with E-state index in [0.717, 1.165) is 30.3 Å². The summed E-state index contributed by atoms with van der Waals surface area (Å²) in [7, 11) is 0. The Bertz CT molecular complexity index is 846. The average Bonchev–Trinajstić information content (AvgIpc) is 3.00. The number of aromatic nitrogens is 3. The van der Waals surface area contributed by atoms with E-state index in [0.29, 0.717) is 11.8 Å². The zero-order chi connectivity index (χ0) is 18.3. The molecule has 0 radical (unpaired) electrons. The molecule has 0 unspecified atom stereocenters. The van der Waals surface area contributed by atoms with Crippen LogP contribution in [0.2, 0.25) is 0 Å². The fourth-order valence-corrected chi connectivity index (χ4v) is 3.14. The molecule has 1 N–H and O–H groups in total. The van der Waals surface area contributed by atoms with Gasteiger partial charge in [0.15, 0.2) is 5.82 Å². The van der Waals surface area contributed by atoms with Crippen molar-refractivity contribution in [1.82, 2.24) is 15.2 Å². The van der Waals surface area contributed by atoms with Gasteiger partial charge in [0.2, 0.25) is 5.95 Å². The van der Waals surface area contributed by atoms with Crippen molar-refractivity contribution in [3.63, 3.8) is 0 Å².